The van der Waals surface area contributed by atoms with E-state index in [0.29, 0.717) is 6.10 Å². The number of hydrogen-bond acceptors (Lipinski definition) is 3. The fraction of sp³-hybridized carbons (Fsp3) is 0.412. The molecule has 1 atom stereocenters. The highest BCUT2D eigenvalue weighted by atomic mass is 32.1. The van der Waals surface area contributed by atoms with Gasteiger partial charge in [-0.3, -0.25) is 0 Å². The van der Waals surface area contributed by atoms with Gasteiger partial charge >= 0.3 is 0 Å². The Morgan fingerprint density at radius 2 is 2.20 bits per heavy atom. The largest absolute Gasteiger partial charge is 0.490 e. The number of aryl methyl sites for hydroxylation is 1. The van der Waals surface area contributed by atoms with E-state index in [1.54, 1.807) is 0 Å². The summed E-state index contributed by atoms with van der Waals surface area (Å²) in [5.41, 5.74) is 2.71. The van der Waals surface area contributed by atoms with E-state index in [1.807, 2.05) is 18.4 Å². The SMILES string of the molecule is CCc1ccsc1C(NC)c1cccc(OC2CC2)c1. The lowest BCUT2D eigenvalue weighted by Crippen LogP contribution is -2.17. The summed E-state index contributed by atoms with van der Waals surface area (Å²) < 4.78 is 5.91. The van der Waals surface area contributed by atoms with Crippen LogP contribution in [0.5, 0.6) is 5.75 Å². The fourth-order valence-electron chi connectivity index (χ4n) is 2.49. The molecule has 2 nitrogen and oxygen atoms in total. The van der Waals surface area contributed by atoms with E-state index >= 15 is 0 Å². The molecule has 0 bridgehead atoms. The van der Waals surface area contributed by atoms with Gasteiger partial charge in [-0.2, -0.15) is 0 Å². The lowest BCUT2D eigenvalue weighted by Gasteiger charge is -2.18. The van der Waals surface area contributed by atoms with Crippen LogP contribution in [0.3, 0.4) is 0 Å². The van der Waals surface area contributed by atoms with Gasteiger partial charge < -0.3 is 10.1 Å². The Morgan fingerprint density at radius 3 is 2.90 bits per heavy atom. The minimum atomic E-state index is 0.257. The van der Waals surface area contributed by atoms with Crippen molar-refractivity contribution in [3.63, 3.8) is 0 Å². The summed E-state index contributed by atoms with van der Waals surface area (Å²) in [7, 11) is 2.03. The van der Waals surface area contributed by atoms with Gasteiger partial charge in [-0.1, -0.05) is 19.1 Å². The lowest BCUT2D eigenvalue weighted by molar-refractivity contribution is 0.302. The van der Waals surface area contributed by atoms with E-state index in [4.69, 9.17) is 4.74 Å². The van der Waals surface area contributed by atoms with E-state index in [1.165, 1.54) is 28.8 Å². The first-order valence-electron chi connectivity index (χ1n) is 7.32. The normalized spacial score (nSPS) is 16.1. The zero-order valence-electron chi connectivity index (χ0n) is 12.1. The molecule has 1 aliphatic carbocycles. The van der Waals surface area contributed by atoms with Gasteiger partial charge in [-0.05, 0) is 61.0 Å². The number of hydrogen-bond donors (Lipinski definition) is 1. The molecule has 0 saturated heterocycles. The molecule has 1 N–H and O–H groups in total. The number of nitrogens with one attached hydrogen (secondary N) is 1. The van der Waals surface area contributed by atoms with Gasteiger partial charge in [-0.15, -0.1) is 11.3 Å². The first-order valence-corrected chi connectivity index (χ1v) is 8.20. The van der Waals surface area contributed by atoms with Crippen molar-refractivity contribution in [2.75, 3.05) is 7.05 Å². The summed E-state index contributed by atoms with van der Waals surface area (Å²) in [6.07, 6.45) is 3.93. The fourth-order valence-corrected chi connectivity index (χ4v) is 3.62. The van der Waals surface area contributed by atoms with Crippen LogP contribution in [-0.4, -0.2) is 13.2 Å². The van der Waals surface area contributed by atoms with Gasteiger partial charge in [0.1, 0.15) is 5.75 Å². The monoisotopic (exact) mass is 287 g/mol. The van der Waals surface area contributed by atoms with Gasteiger partial charge in [0.05, 0.1) is 12.1 Å². The van der Waals surface area contributed by atoms with Crippen molar-refractivity contribution in [3.05, 3.63) is 51.7 Å². The molecule has 106 valence electrons. The lowest BCUT2D eigenvalue weighted by atomic mass is 10.0. The third kappa shape index (κ3) is 2.89. The molecule has 0 amide bonds. The summed E-state index contributed by atoms with van der Waals surface area (Å²) in [6.45, 7) is 2.21. The summed E-state index contributed by atoms with van der Waals surface area (Å²) >= 11 is 1.83. The molecule has 3 heteroatoms. The quantitative estimate of drug-likeness (QED) is 0.861. The van der Waals surface area contributed by atoms with Crippen molar-refractivity contribution in [1.82, 2.24) is 5.32 Å². The third-order valence-electron chi connectivity index (χ3n) is 3.73. The molecular weight excluding hydrogens is 266 g/mol. The second-order valence-electron chi connectivity index (χ2n) is 5.28. The number of rotatable bonds is 6. The maximum atomic E-state index is 5.91. The van der Waals surface area contributed by atoms with Crippen molar-refractivity contribution in [1.29, 1.82) is 0 Å². The van der Waals surface area contributed by atoms with Crippen LogP contribution in [-0.2, 0) is 6.42 Å². The summed E-state index contributed by atoms with van der Waals surface area (Å²) in [6, 6.07) is 11.0. The predicted octanol–water partition coefficient (Wildman–Crippen LogP) is 4.16. The van der Waals surface area contributed by atoms with Crippen LogP contribution in [0.4, 0.5) is 0 Å². The Bertz CT molecular complexity index is 574. The molecule has 1 aliphatic rings. The summed E-state index contributed by atoms with van der Waals surface area (Å²) in [5, 5.41) is 5.63. The van der Waals surface area contributed by atoms with Gasteiger partial charge in [0, 0.05) is 4.88 Å². The third-order valence-corrected chi connectivity index (χ3v) is 4.76. The minimum absolute atomic E-state index is 0.257. The molecular formula is C17H21NOS. The zero-order chi connectivity index (χ0) is 13.9. The van der Waals surface area contributed by atoms with E-state index in [2.05, 4.69) is 48.0 Å². The van der Waals surface area contributed by atoms with Crippen molar-refractivity contribution in [3.8, 4) is 5.75 Å². The maximum Gasteiger partial charge on any atom is 0.120 e. The first-order chi connectivity index (χ1) is 9.81. The predicted molar refractivity (Wildman–Crippen MR) is 84.7 cm³/mol. The average molecular weight is 287 g/mol. The Morgan fingerprint density at radius 1 is 1.35 bits per heavy atom. The molecule has 20 heavy (non-hydrogen) atoms. The highest BCUT2D eigenvalue weighted by Crippen LogP contribution is 2.33. The highest BCUT2D eigenvalue weighted by Gasteiger charge is 2.24. The van der Waals surface area contributed by atoms with Crippen LogP contribution in [0.2, 0.25) is 0 Å². The first kappa shape index (κ1) is 13.7. The molecule has 3 rings (SSSR count). The van der Waals surface area contributed by atoms with Gasteiger partial charge in [0.25, 0.3) is 0 Å². The number of benzene rings is 1. The van der Waals surface area contributed by atoms with Crippen LogP contribution < -0.4 is 10.1 Å². The summed E-state index contributed by atoms with van der Waals surface area (Å²) in [4.78, 5) is 1.42. The topological polar surface area (TPSA) is 21.3 Å². The van der Waals surface area contributed by atoms with Crippen LogP contribution in [0.1, 0.15) is 41.8 Å². The molecule has 1 heterocycles. The average Bonchev–Trinajstić information content (AvgIpc) is 3.16. The molecule has 1 saturated carbocycles. The minimum Gasteiger partial charge on any atom is -0.490 e. The van der Waals surface area contributed by atoms with E-state index in [0.717, 1.165) is 12.2 Å². The van der Waals surface area contributed by atoms with Crippen molar-refractivity contribution < 1.29 is 4.74 Å². The van der Waals surface area contributed by atoms with Crippen LogP contribution in [0, 0.1) is 0 Å². The maximum absolute atomic E-state index is 5.91. The van der Waals surface area contributed by atoms with Crippen molar-refractivity contribution in [2.24, 2.45) is 0 Å². The number of ether oxygens (including phenoxy) is 1. The standard InChI is InChI=1S/C17H21NOS/c1-3-12-9-10-20-17(12)16(18-2)13-5-4-6-15(11-13)19-14-7-8-14/h4-6,9-11,14,16,18H,3,7-8H2,1-2H3. The smallest absolute Gasteiger partial charge is 0.120 e. The van der Waals surface area contributed by atoms with Crippen LogP contribution in [0.15, 0.2) is 35.7 Å². The molecule has 0 aliphatic heterocycles. The molecule has 1 unspecified atom stereocenters. The summed E-state index contributed by atoms with van der Waals surface area (Å²) in [5.74, 6) is 1.000. The second kappa shape index (κ2) is 5.98. The Kier molecular flexibility index (Phi) is 4.08. The van der Waals surface area contributed by atoms with Gasteiger partial charge in [0.15, 0.2) is 0 Å². The molecule has 1 aromatic heterocycles. The van der Waals surface area contributed by atoms with E-state index in [-0.39, 0.29) is 6.04 Å². The molecule has 0 spiro atoms. The number of thiophene rings is 1. The molecule has 2 aromatic rings. The van der Waals surface area contributed by atoms with Crippen molar-refractivity contribution in [2.45, 2.75) is 38.3 Å². The Labute approximate surface area is 124 Å². The van der Waals surface area contributed by atoms with Gasteiger partial charge in [-0.25, -0.2) is 0 Å². The molecule has 0 radical (unpaired) electrons. The zero-order valence-corrected chi connectivity index (χ0v) is 12.9. The second-order valence-corrected chi connectivity index (χ2v) is 6.22. The van der Waals surface area contributed by atoms with E-state index in [9.17, 15) is 0 Å². The van der Waals surface area contributed by atoms with E-state index < -0.39 is 0 Å². The van der Waals surface area contributed by atoms with Crippen molar-refractivity contribution >= 4 is 11.3 Å². The Balaban J connectivity index is 1.88. The van der Waals surface area contributed by atoms with Crippen LogP contribution >= 0.6 is 11.3 Å². The molecule has 1 fully saturated rings. The molecule has 1 aromatic carbocycles. The highest BCUT2D eigenvalue weighted by molar-refractivity contribution is 7.10. The Hall–Kier alpha value is -1.32. The van der Waals surface area contributed by atoms with Gasteiger partial charge in [0.2, 0.25) is 0 Å². The van der Waals surface area contributed by atoms with Crippen LogP contribution in [0.25, 0.3) is 0 Å².